The number of hydrogen-bond donors (Lipinski definition) is 1. The summed E-state index contributed by atoms with van der Waals surface area (Å²) in [7, 11) is 3.29. The summed E-state index contributed by atoms with van der Waals surface area (Å²) in [5, 5.41) is 0. The predicted octanol–water partition coefficient (Wildman–Crippen LogP) is 2.31. The maximum atomic E-state index is 5.53. The molecule has 1 heterocycles. The Bertz CT molecular complexity index is 530. The average Bonchev–Trinajstić information content (AvgIpc) is 2.95. The Labute approximate surface area is 119 Å². The van der Waals surface area contributed by atoms with Gasteiger partial charge in [0, 0.05) is 30.6 Å². The van der Waals surface area contributed by atoms with Gasteiger partial charge in [0.2, 0.25) is 0 Å². The van der Waals surface area contributed by atoms with Crippen molar-refractivity contribution >= 4 is 0 Å². The van der Waals surface area contributed by atoms with Crippen LogP contribution in [0.1, 0.15) is 12.8 Å². The lowest BCUT2D eigenvalue weighted by atomic mass is 10.2. The molecule has 0 amide bonds. The molecule has 2 rings (SSSR count). The summed E-state index contributed by atoms with van der Waals surface area (Å²) >= 11 is 0. The first-order valence-corrected chi connectivity index (χ1v) is 6.73. The fourth-order valence-corrected chi connectivity index (χ4v) is 2.11. The summed E-state index contributed by atoms with van der Waals surface area (Å²) in [5.74, 6) is 2.44. The van der Waals surface area contributed by atoms with E-state index < -0.39 is 0 Å². The Kier molecular flexibility index (Phi) is 5.01. The number of nitrogens with two attached hydrogens (primary N) is 1. The molecule has 1 aromatic carbocycles. The first-order valence-electron chi connectivity index (χ1n) is 6.73. The first-order chi connectivity index (χ1) is 9.78. The third-order valence-electron chi connectivity index (χ3n) is 3.18. The maximum absolute atomic E-state index is 5.53. The summed E-state index contributed by atoms with van der Waals surface area (Å²) in [6, 6.07) is 5.78. The molecule has 5 nitrogen and oxygen atoms in total. The third-order valence-corrected chi connectivity index (χ3v) is 3.18. The van der Waals surface area contributed by atoms with Gasteiger partial charge in [0.05, 0.1) is 14.2 Å². The molecule has 5 heteroatoms. The summed E-state index contributed by atoms with van der Waals surface area (Å²) < 4.78 is 12.7. The number of benzene rings is 1. The van der Waals surface area contributed by atoms with Crippen molar-refractivity contribution in [2.45, 2.75) is 19.4 Å². The van der Waals surface area contributed by atoms with Gasteiger partial charge >= 0.3 is 0 Å². The van der Waals surface area contributed by atoms with E-state index in [1.54, 1.807) is 14.2 Å². The molecule has 0 fully saturated rings. The highest BCUT2D eigenvalue weighted by atomic mass is 16.5. The van der Waals surface area contributed by atoms with Crippen molar-refractivity contribution in [3.63, 3.8) is 0 Å². The fourth-order valence-electron chi connectivity index (χ4n) is 2.11. The Hall–Kier alpha value is -2.01. The number of aromatic nitrogens is 2. The number of nitrogens with zero attached hydrogens (tertiary/aromatic N) is 2. The number of aryl methyl sites for hydroxylation is 1. The minimum absolute atomic E-state index is 0.719. The highest BCUT2D eigenvalue weighted by Gasteiger charge is 2.09. The van der Waals surface area contributed by atoms with E-state index in [2.05, 4.69) is 9.55 Å². The van der Waals surface area contributed by atoms with E-state index >= 15 is 0 Å². The van der Waals surface area contributed by atoms with Crippen LogP contribution in [0.5, 0.6) is 11.5 Å². The van der Waals surface area contributed by atoms with E-state index in [-0.39, 0.29) is 0 Å². The highest BCUT2D eigenvalue weighted by molar-refractivity contribution is 5.61. The third kappa shape index (κ3) is 3.30. The van der Waals surface area contributed by atoms with Gasteiger partial charge in [-0.25, -0.2) is 4.98 Å². The molecule has 0 atom stereocenters. The number of hydrogen-bond acceptors (Lipinski definition) is 4. The molecular weight excluding hydrogens is 254 g/mol. The molecule has 0 aliphatic carbocycles. The highest BCUT2D eigenvalue weighted by Crippen LogP contribution is 2.28. The quantitative estimate of drug-likeness (QED) is 0.788. The molecule has 20 heavy (non-hydrogen) atoms. The molecular formula is C15H21N3O2. The topological polar surface area (TPSA) is 62.3 Å². The van der Waals surface area contributed by atoms with Crippen molar-refractivity contribution in [3.05, 3.63) is 30.6 Å². The zero-order valence-corrected chi connectivity index (χ0v) is 12.0. The van der Waals surface area contributed by atoms with E-state index in [0.29, 0.717) is 0 Å². The summed E-state index contributed by atoms with van der Waals surface area (Å²) in [6.07, 6.45) is 5.85. The monoisotopic (exact) mass is 275 g/mol. The van der Waals surface area contributed by atoms with Crippen molar-refractivity contribution in [2.24, 2.45) is 5.73 Å². The van der Waals surface area contributed by atoms with E-state index in [0.717, 1.165) is 48.8 Å². The summed E-state index contributed by atoms with van der Waals surface area (Å²) in [6.45, 7) is 1.63. The summed E-state index contributed by atoms with van der Waals surface area (Å²) in [5.41, 5.74) is 6.52. The van der Waals surface area contributed by atoms with E-state index in [1.807, 2.05) is 30.6 Å². The Morgan fingerprint density at radius 2 is 1.80 bits per heavy atom. The Balaban J connectivity index is 2.29. The second-order valence-electron chi connectivity index (χ2n) is 4.54. The average molecular weight is 275 g/mol. The van der Waals surface area contributed by atoms with Crippen LogP contribution in [0.3, 0.4) is 0 Å². The van der Waals surface area contributed by atoms with Crippen LogP contribution in [0, 0.1) is 0 Å². The van der Waals surface area contributed by atoms with Crippen LogP contribution in [0.4, 0.5) is 0 Å². The molecule has 0 spiro atoms. The van der Waals surface area contributed by atoms with E-state index in [4.69, 9.17) is 15.2 Å². The molecule has 108 valence electrons. The van der Waals surface area contributed by atoms with Gasteiger partial charge in [-0.3, -0.25) is 0 Å². The van der Waals surface area contributed by atoms with E-state index in [1.165, 1.54) is 0 Å². The van der Waals surface area contributed by atoms with Gasteiger partial charge < -0.3 is 19.8 Å². The molecule has 0 saturated heterocycles. The lowest BCUT2D eigenvalue weighted by Gasteiger charge is -2.10. The number of unbranched alkanes of at least 4 members (excludes halogenated alkanes) is 1. The van der Waals surface area contributed by atoms with Gasteiger partial charge in [-0.15, -0.1) is 0 Å². The minimum atomic E-state index is 0.719. The molecule has 0 saturated carbocycles. The van der Waals surface area contributed by atoms with Crippen molar-refractivity contribution in [3.8, 4) is 22.9 Å². The van der Waals surface area contributed by atoms with Crippen LogP contribution in [-0.4, -0.2) is 30.3 Å². The normalized spacial score (nSPS) is 10.6. The number of rotatable bonds is 7. The van der Waals surface area contributed by atoms with Gasteiger partial charge in [-0.1, -0.05) is 0 Å². The van der Waals surface area contributed by atoms with Crippen molar-refractivity contribution < 1.29 is 9.47 Å². The van der Waals surface area contributed by atoms with Crippen molar-refractivity contribution in [2.75, 3.05) is 20.8 Å². The van der Waals surface area contributed by atoms with Crippen LogP contribution < -0.4 is 15.2 Å². The van der Waals surface area contributed by atoms with Crippen LogP contribution >= 0.6 is 0 Å². The van der Waals surface area contributed by atoms with Gasteiger partial charge in [0.1, 0.15) is 17.3 Å². The molecule has 0 bridgehead atoms. The Morgan fingerprint density at radius 3 is 2.40 bits per heavy atom. The molecule has 1 aromatic heterocycles. The first kappa shape index (κ1) is 14.4. The molecule has 0 aliphatic rings. The molecule has 2 N–H and O–H groups in total. The van der Waals surface area contributed by atoms with Crippen LogP contribution in [0.25, 0.3) is 11.4 Å². The largest absolute Gasteiger partial charge is 0.497 e. The smallest absolute Gasteiger partial charge is 0.140 e. The summed E-state index contributed by atoms with van der Waals surface area (Å²) in [4.78, 5) is 4.44. The zero-order chi connectivity index (χ0) is 14.4. The molecule has 0 aliphatic heterocycles. The maximum Gasteiger partial charge on any atom is 0.140 e. The standard InChI is InChI=1S/C15H21N3O2/c1-19-13-9-12(10-14(11-13)20-2)15-17-6-8-18(15)7-4-3-5-16/h6,8-11H,3-5,7,16H2,1-2H3. The van der Waals surface area contributed by atoms with E-state index in [9.17, 15) is 0 Å². The van der Waals surface area contributed by atoms with Gasteiger partial charge in [0.15, 0.2) is 0 Å². The van der Waals surface area contributed by atoms with Crippen LogP contribution in [-0.2, 0) is 6.54 Å². The second kappa shape index (κ2) is 6.96. The fraction of sp³-hybridized carbons (Fsp3) is 0.400. The molecule has 2 aromatic rings. The second-order valence-corrected chi connectivity index (χ2v) is 4.54. The van der Waals surface area contributed by atoms with Crippen LogP contribution in [0.15, 0.2) is 30.6 Å². The van der Waals surface area contributed by atoms with Crippen molar-refractivity contribution in [1.29, 1.82) is 0 Å². The lowest BCUT2D eigenvalue weighted by Crippen LogP contribution is -2.04. The number of imidazole rings is 1. The van der Waals surface area contributed by atoms with Gasteiger partial charge in [-0.2, -0.15) is 0 Å². The van der Waals surface area contributed by atoms with Crippen LogP contribution in [0.2, 0.25) is 0 Å². The number of ether oxygens (including phenoxy) is 2. The van der Waals surface area contributed by atoms with Crippen molar-refractivity contribution in [1.82, 2.24) is 9.55 Å². The molecule has 0 unspecified atom stereocenters. The zero-order valence-electron chi connectivity index (χ0n) is 12.0. The number of methoxy groups -OCH3 is 2. The minimum Gasteiger partial charge on any atom is -0.497 e. The SMILES string of the molecule is COc1cc(OC)cc(-c2nccn2CCCCN)c1. The predicted molar refractivity (Wildman–Crippen MR) is 79.1 cm³/mol. The molecule has 0 radical (unpaired) electrons. The Morgan fingerprint density at radius 1 is 1.10 bits per heavy atom. The lowest BCUT2D eigenvalue weighted by molar-refractivity contribution is 0.394. The van der Waals surface area contributed by atoms with Gasteiger partial charge in [0.25, 0.3) is 0 Å². The van der Waals surface area contributed by atoms with Gasteiger partial charge in [-0.05, 0) is 31.5 Å².